The van der Waals surface area contributed by atoms with Crippen molar-refractivity contribution in [1.82, 2.24) is 0 Å². The zero-order valence-electron chi connectivity index (χ0n) is 10.6. The van der Waals surface area contributed by atoms with Gasteiger partial charge in [-0.15, -0.1) is 6.58 Å². The largest absolute Gasteiger partial charge is 0.302 e. The van der Waals surface area contributed by atoms with Crippen LogP contribution in [-0.2, 0) is 4.79 Å². The molecule has 0 radical (unpaired) electrons. The average Bonchev–Trinajstić information content (AvgIpc) is 2.27. The maximum absolute atomic E-state index is 11.2. The molecule has 16 heavy (non-hydrogen) atoms. The SMILES string of the molecule is C=C/C(C)=C/CC(C(=C)C)C(C)(C=C)C=O. The molecule has 0 aliphatic rings. The molecule has 0 bridgehead atoms. The van der Waals surface area contributed by atoms with Crippen LogP contribution >= 0.6 is 0 Å². The Bertz CT molecular complexity index is 312. The summed E-state index contributed by atoms with van der Waals surface area (Å²) in [4.78, 5) is 11.2. The molecule has 0 aliphatic carbocycles. The average molecular weight is 218 g/mol. The summed E-state index contributed by atoms with van der Waals surface area (Å²) in [6, 6.07) is 0. The van der Waals surface area contributed by atoms with E-state index in [-0.39, 0.29) is 5.92 Å². The Labute approximate surface area is 99.3 Å². The van der Waals surface area contributed by atoms with Crippen molar-refractivity contribution < 1.29 is 4.79 Å². The highest BCUT2D eigenvalue weighted by atomic mass is 16.1. The molecule has 0 aromatic heterocycles. The molecular formula is C15H22O. The molecule has 0 aromatic carbocycles. The second kappa shape index (κ2) is 6.26. The molecule has 0 saturated carbocycles. The first kappa shape index (κ1) is 14.6. The lowest BCUT2D eigenvalue weighted by Crippen LogP contribution is -2.27. The van der Waals surface area contributed by atoms with Gasteiger partial charge in [0.15, 0.2) is 0 Å². The quantitative estimate of drug-likeness (QED) is 0.357. The highest BCUT2D eigenvalue weighted by molar-refractivity contribution is 5.63. The minimum atomic E-state index is -0.538. The van der Waals surface area contributed by atoms with Crippen molar-refractivity contribution in [2.24, 2.45) is 11.3 Å². The zero-order valence-corrected chi connectivity index (χ0v) is 10.6. The summed E-state index contributed by atoms with van der Waals surface area (Å²) in [6.45, 7) is 17.2. The van der Waals surface area contributed by atoms with Crippen molar-refractivity contribution in [3.05, 3.63) is 49.1 Å². The van der Waals surface area contributed by atoms with E-state index in [0.29, 0.717) is 0 Å². The van der Waals surface area contributed by atoms with Crippen LogP contribution in [0.1, 0.15) is 27.2 Å². The first-order valence-electron chi connectivity index (χ1n) is 5.45. The lowest BCUT2D eigenvalue weighted by molar-refractivity contribution is -0.114. The molecule has 2 atom stereocenters. The second-order valence-electron chi connectivity index (χ2n) is 4.47. The molecule has 1 nitrogen and oxygen atoms in total. The number of rotatable bonds is 7. The molecule has 0 spiro atoms. The Hall–Kier alpha value is -1.37. The van der Waals surface area contributed by atoms with Crippen LogP contribution in [0.4, 0.5) is 0 Å². The fourth-order valence-electron chi connectivity index (χ4n) is 1.65. The van der Waals surface area contributed by atoms with Gasteiger partial charge in [-0.3, -0.25) is 0 Å². The van der Waals surface area contributed by atoms with E-state index in [0.717, 1.165) is 23.9 Å². The molecule has 0 aromatic rings. The van der Waals surface area contributed by atoms with Crippen LogP contribution in [0.3, 0.4) is 0 Å². The van der Waals surface area contributed by atoms with E-state index in [1.807, 2.05) is 26.8 Å². The topological polar surface area (TPSA) is 17.1 Å². The Balaban J connectivity index is 5.02. The van der Waals surface area contributed by atoms with Crippen LogP contribution in [0.5, 0.6) is 0 Å². The van der Waals surface area contributed by atoms with Crippen LogP contribution in [-0.4, -0.2) is 6.29 Å². The summed E-state index contributed by atoms with van der Waals surface area (Å²) < 4.78 is 0. The van der Waals surface area contributed by atoms with Crippen LogP contribution in [0.2, 0.25) is 0 Å². The standard InChI is InChI=1S/C15H22O/c1-7-13(5)9-10-14(12(3)4)15(6,8-2)11-16/h7-9,11,14H,1-3,10H2,4-6H3/b13-9+. The normalized spacial score (nSPS) is 17.1. The van der Waals surface area contributed by atoms with E-state index in [2.05, 4.69) is 25.8 Å². The molecular weight excluding hydrogens is 196 g/mol. The predicted molar refractivity (Wildman–Crippen MR) is 71.2 cm³/mol. The fourth-order valence-corrected chi connectivity index (χ4v) is 1.65. The molecule has 88 valence electrons. The Morgan fingerprint density at radius 2 is 1.94 bits per heavy atom. The summed E-state index contributed by atoms with van der Waals surface area (Å²) in [5.74, 6) is 0.0948. The number of carbonyl (C=O) groups excluding carboxylic acids is 1. The second-order valence-corrected chi connectivity index (χ2v) is 4.47. The van der Waals surface area contributed by atoms with E-state index >= 15 is 0 Å². The van der Waals surface area contributed by atoms with E-state index in [4.69, 9.17) is 0 Å². The van der Waals surface area contributed by atoms with Crippen LogP contribution in [0.25, 0.3) is 0 Å². The molecule has 0 N–H and O–H groups in total. The molecule has 0 amide bonds. The van der Waals surface area contributed by atoms with Crippen molar-refractivity contribution in [3.8, 4) is 0 Å². The van der Waals surface area contributed by atoms with Gasteiger partial charge in [0.2, 0.25) is 0 Å². The van der Waals surface area contributed by atoms with Gasteiger partial charge in [-0.05, 0) is 33.1 Å². The van der Waals surface area contributed by atoms with Crippen LogP contribution < -0.4 is 0 Å². The van der Waals surface area contributed by atoms with Crippen molar-refractivity contribution in [1.29, 1.82) is 0 Å². The zero-order chi connectivity index (χ0) is 12.8. The number of carbonyl (C=O) groups is 1. The minimum Gasteiger partial charge on any atom is -0.302 e. The van der Waals surface area contributed by atoms with Gasteiger partial charge in [0.25, 0.3) is 0 Å². The summed E-state index contributed by atoms with van der Waals surface area (Å²) in [6.07, 6.45) is 7.33. The van der Waals surface area contributed by atoms with Gasteiger partial charge in [0.1, 0.15) is 6.29 Å². The first-order chi connectivity index (χ1) is 7.41. The molecule has 0 rings (SSSR count). The Morgan fingerprint density at radius 3 is 2.25 bits per heavy atom. The van der Waals surface area contributed by atoms with Crippen LogP contribution in [0, 0.1) is 11.3 Å². The van der Waals surface area contributed by atoms with Gasteiger partial charge in [0, 0.05) is 5.41 Å². The van der Waals surface area contributed by atoms with Crippen molar-refractivity contribution in [2.75, 3.05) is 0 Å². The number of hydrogen-bond acceptors (Lipinski definition) is 1. The molecule has 0 aliphatic heterocycles. The van der Waals surface area contributed by atoms with Crippen molar-refractivity contribution >= 4 is 6.29 Å². The van der Waals surface area contributed by atoms with Gasteiger partial charge in [-0.2, -0.15) is 0 Å². The smallest absolute Gasteiger partial charge is 0.130 e. The van der Waals surface area contributed by atoms with Gasteiger partial charge >= 0.3 is 0 Å². The summed E-state index contributed by atoms with van der Waals surface area (Å²) in [7, 11) is 0. The van der Waals surface area contributed by atoms with Crippen molar-refractivity contribution in [3.63, 3.8) is 0 Å². The Kier molecular flexibility index (Phi) is 5.73. The predicted octanol–water partition coefficient (Wildman–Crippen LogP) is 4.09. The van der Waals surface area contributed by atoms with E-state index in [1.165, 1.54) is 0 Å². The maximum Gasteiger partial charge on any atom is 0.130 e. The minimum absolute atomic E-state index is 0.0948. The highest BCUT2D eigenvalue weighted by Gasteiger charge is 2.30. The highest BCUT2D eigenvalue weighted by Crippen LogP contribution is 2.34. The summed E-state index contributed by atoms with van der Waals surface area (Å²) in [5.41, 5.74) is 1.58. The number of hydrogen-bond donors (Lipinski definition) is 0. The van der Waals surface area contributed by atoms with Gasteiger partial charge in [0.05, 0.1) is 0 Å². The first-order valence-corrected chi connectivity index (χ1v) is 5.45. The van der Waals surface area contributed by atoms with Gasteiger partial charge in [-0.1, -0.05) is 42.5 Å². The molecule has 0 heterocycles. The van der Waals surface area contributed by atoms with E-state index < -0.39 is 5.41 Å². The number of allylic oxidation sites excluding steroid dienone is 5. The Morgan fingerprint density at radius 1 is 1.38 bits per heavy atom. The van der Waals surface area contributed by atoms with Crippen molar-refractivity contribution in [2.45, 2.75) is 27.2 Å². The van der Waals surface area contributed by atoms with Crippen LogP contribution in [0.15, 0.2) is 49.1 Å². The maximum atomic E-state index is 11.2. The molecule has 0 fully saturated rings. The number of aldehydes is 1. The lowest BCUT2D eigenvalue weighted by Gasteiger charge is -2.29. The monoisotopic (exact) mass is 218 g/mol. The van der Waals surface area contributed by atoms with Gasteiger partial charge < -0.3 is 4.79 Å². The molecule has 0 saturated heterocycles. The third kappa shape index (κ3) is 3.65. The third-order valence-corrected chi connectivity index (χ3v) is 3.04. The molecule has 2 unspecified atom stereocenters. The summed E-state index contributed by atoms with van der Waals surface area (Å²) in [5, 5.41) is 0. The third-order valence-electron chi connectivity index (χ3n) is 3.04. The fraction of sp³-hybridized carbons (Fsp3) is 0.400. The molecule has 1 heteroatoms. The summed E-state index contributed by atoms with van der Waals surface area (Å²) >= 11 is 0. The van der Waals surface area contributed by atoms with Gasteiger partial charge in [-0.25, -0.2) is 0 Å². The van der Waals surface area contributed by atoms with E-state index in [9.17, 15) is 4.79 Å². The van der Waals surface area contributed by atoms with E-state index in [1.54, 1.807) is 6.08 Å². The lowest BCUT2D eigenvalue weighted by atomic mass is 9.73.